The van der Waals surface area contributed by atoms with Crippen LogP contribution < -0.4 is 20.3 Å². The van der Waals surface area contributed by atoms with Crippen LogP contribution in [-0.2, 0) is 0 Å². The lowest BCUT2D eigenvalue weighted by Crippen LogP contribution is -2.27. The molecule has 0 saturated carbocycles. The first-order valence-electron chi connectivity index (χ1n) is 7.52. The Morgan fingerprint density at radius 2 is 1.96 bits per heavy atom. The van der Waals surface area contributed by atoms with Crippen molar-refractivity contribution in [3.63, 3.8) is 0 Å². The minimum Gasteiger partial charge on any atom is -0.490 e. The second kappa shape index (κ2) is 6.56. The Morgan fingerprint density at radius 3 is 2.70 bits per heavy atom. The molecule has 1 aromatic heterocycles. The van der Waals surface area contributed by atoms with Gasteiger partial charge in [-0.25, -0.2) is 0 Å². The predicted octanol–water partition coefficient (Wildman–Crippen LogP) is 2.03. The van der Waals surface area contributed by atoms with Gasteiger partial charge < -0.3 is 19.8 Å². The minimum atomic E-state index is -0.249. The molecule has 0 spiro atoms. The topological polar surface area (TPSA) is 80.4 Å². The molecular weight excluding hydrogens is 296 g/mol. The maximum absolute atomic E-state index is 12.2. The summed E-state index contributed by atoms with van der Waals surface area (Å²) < 4.78 is 11.3. The maximum Gasteiger partial charge on any atom is 0.253 e. The van der Waals surface area contributed by atoms with Crippen LogP contribution in [0.15, 0.2) is 41.3 Å². The highest BCUT2D eigenvalue weighted by Gasteiger charge is 2.16. The molecule has 0 fully saturated rings. The Bertz CT molecular complexity index is 749. The van der Waals surface area contributed by atoms with Crippen LogP contribution in [0.5, 0.6) is 11.5 Å². The fraction of sp³-hybridized carbons (Fsp3) is 0.294. The Morgan fingerprint density at radius 1 is 1.17 bits per heavy atom. The number of amides is 1. The lowest BCUT2D eigenvalue weighted by molar-refractivity contribution is 0.0939. The lowest BCUT2D eigenvalue weighted by Gasteiger charge is -2.16. The summed E-state index contributed by atoms with van der Waals surface area (Å²) in [7, 11) is 0. The molecule has 1 unspecified atom stereocenters. The van der Waals surface area contributed by atoms with E-state index in [-0.39, 0.29) is 17.5 Å². The van der Waals surface area contributed by atoms with E-state index in [0.717, 1.165) is 17.7 Å². The van der Waals surface area contributed by atoms with Crippen molar-refractivity contribution < 1.29 is 14.3 Å². The van der Waals surface area contributed by atoms with E-state index in [0.29, 0.717) is 24.5 Å². The van der Waals surface area contributed by atoms with Crippen molar-refractivity contribution in [2.45, 2.75) is 19.4 Å². The molecule has 1 aliphatic heterocycles. The first kappa shape index (κ1) is 15.1. The van der Waals surface area contributed by atoms with E-state index < -0.39 is 0 Å². The zero-order valence-corrected chi connectivity index (χ0v) is 12.8. The molecule has 6 heteroatoms. The molecule has 3 rings (SSSR count). The van der Waals surface area contributed by atoms with Crippen molar-refractivity contribution in [3.05, 3.63) is 58.0 Å². The number of carbonyl (C=O) groups is 1. The van der Waals surface area contributed by atoms with Gasteiger partial charge in [0.15, 0.2) is 11.5 Å². The molecule has 0 bridgehead atoms. The number of benzene rings is 1. The van der Waals surface area contributed by atoms with Crippen LogP contribution in [0, 0.1) is 0 Å². The van der Waals surface area contributed by atoms with Crippen LogP contribution in [0.4, 0.5) is 0 Å². The van der Waals surface area contributed by atoms with Gasteiger partial charge in [0.05, 0.1) is 24.8 Å². The van der Waals surface area contributed by atoms with E-state index >= 15 is 0 Å². The summed E-state index contributed by atoms with van der Waals surface area (Å²) in [5, 5.41) is 2.90. The van der Waals surface area contributed by atoms with E-state index in [4.69, 9.17) is 9.47 Å². The number of fused-ring (bicyclic) bond motifs is 1. The SMILES string of the molecule is CC(NC(=O)c1ccc(=O)[nH]c1)c1ccc2c(c1)OCCCO2. The molecule has 0 radical (unpaired) electrons. The van der Waals surface area contributed by atoms with Crippen LogP contribution in [0.2, 0.25) is 0 Å². The summed E-state index contributed by atoms with van der Waals surface area (Å²) in [5.41, 5.74) is 1.09. The fourth-order valence-electron chi connectivity index (χ4n) is 2.36. The van der Waals surface area contributed by atoms with Gasteiger partial charge in [-0.1, -0.05) is 6.07 Å². The van der Waals surface area contributed by atoms with E-state index in [9.17, 15) is 9.59 Å². The Labute approximate surface area is 133 Å². The minimum absolute atomic E-state index is 0.202. The molecular formula is C17H18N2O4. The van der Waals surface area contributed by atoms with Crippen LogP contribution in [0.3, 0.4) is 0 Å². The Balaban J connectivity index is 1.74. The molecule has 0 aliphatic carbocycles. The fourth-order valence-corrected chi connectivity index (χ4v) is 2.36. The number of pyridine rings is 1. The molecule has 2 heterocycles. The second-order valence-corrected chi connectivity index (χ2v) is 5.39. The average Bonchev–Trinajstić information content (AvgIpc) is 2.79. The van der Waals surface area contributed by atoms with Gasteiger partial charge in [-0.15, -0.1) is 0 Å². The maximum atomic E-state index is 12.2. The van der Waals surface area contributed by atoms with Gasteiger partial charge in [0, 0.05) is 18.7 Å². The van der Waals surface area contributed by atoms with Gasteiger partial charge in [0.2, 0.25) is 5.56 Å². The molecule has 0 saturated heterocycles. The Kier molecular flexibility index (Phi) is 4.32. The summed E-state index contributed by atoms with van der Waals surface area (Å²) in [5.74, 6) is 1.18. The third-order valence-electron chi connectivity index (χ3n) is 3.67. The van der Waals surface area contributed by atoms with Crippen molar-refractivity contribution in [1.82, 2.24) is 10.3 Å². The molecule has 1 amide bonds. The smallest absolute Gasteiger partial charge is 0.253 e. The van der Waals surface area contributed by atoms with Gasteiger partial charge >= 0.3 is 0 Å². The summed E-state index contributed by atoms with van der Waals surface area (Å²) in [6, 6.07) is 8.27. The molecule has 120 valence electrons. The quantitative estimate of drug-likeness (QED) is 0.908. The van der Waals surface area contributed by atoms with Crippen molar-refractivity contribution in [3.8, 4) is 11.5 Å². The highest BCUT2D eigenvalue weighted by atomic mass is 16.5. The lowest BCUT2D eigenvalue weighted by atomic mass is 10.1. The number of aromatic nitrogens is 1. The van der Waals surface area contributed by atoms with Crippen LogP contribution >= 0.6 is 0 Å². The molecule has 2 N–H and O–H groups in total. The Hall–Kier alpha value is -2.76. The van der Waals surface area contributed by atoms with Crippen molar-refractivity contribution in [1.29, 1.82) is 0 Å². The first-order valence-corrected chi connectivity index (χ1v) is 7.52. The first-order chi connectivity index (χ1) is 11.1. The number of carbonyl (C=O) groups excluding carboxylic acids is 1. The predicted molar refractivity (Wildman–Crippen MR) is 85.0 cm³/mol. The summed E-state index contributed by atoms with van der Waals surface area (Å²) in [4.78, 5) is 25.7. The van der Waals surface area contributed by atoms with Crippen molar-refractivity contribution in [2.75, 3.05) is 13.2 Å². The van der Waals surface area contributed by atoms with Gasteiger partial charge in [-0.3, -0.25) is 9.59 Å². The van der Waals surface area contributed by atoms with E-state index in [2.05, 4.69) is 10.3 Å². The molecule has 6 nitrogen and oxygen atoms in total. The van der Waals surface area contributed by atoms with Gasteiger partial charge in [0.25, 0.3) is 5.91 Å². The molecule has 1 aliphatic rings. The summed E-state index contributed by atoms with van der Waals surface area (Å²) in [6.07, 6.45) is 2.25. The third-order valence-corrected chi connectivity index (χ3v) is 3.67. The van der Waals surface area contributed by atoms with Gasteiger partial charge in [0.1, 0.15) is 0 Å². The summed E-state index contributed by atoms with van der Waals surface area (Å²) >= 11 is 0. The highest BCUT2D eigenvalue weighted by Crippen LogP contribution is 2.32. The molecule has 1 atom stereocenters. The number of H-pyrrole nitrogens is 1. The van der Waals surface area contributed by atoms with E-state index in [1.54, 1.807) is 0 Å². The number of ether oxygens (including phenoxy) is 2. The van der Waals surface area contributed by atoms with Crippen LogP contribution in [0.25, 0.3) is 0 Å². The number of rotatable bonds is 3. The highest BCUT2D eigenvalue weighted by molar-refractivity contribution is 5.94. The molecule has 23 heavy (non-hydrogen) atoms. The van der Waals surface area contributed by atoms with Crippen LogP contribution in [-0.4, -0.2) is 24.1 Å². The number of hydrogen-bond acceptors (Lipinski definition) is 4. The zero-order valence-electron chi connectivity index (χ0n) is 12.8. The number of aromatic amines is 1. The van der Waals surface area contributed by atoms with Gasteiger partial charge in [-0.05, 0) is 30.7 Å². The zero-order chi connectivity index (χ0) is 16.2. The second-order valence-electron chi connectivity index (χ2n) is 5.39. The number of nitrogens with one attached hydrogen (secondary N) is 2. The number of hydrogen-bond donors (Lipinski definition) is 2. The van der Waals surface area contributed by atoms with Gasteiger partial charge in [-0.2, -0.15) is 0 Å². The monoisotopic (exact) mass is 314 g/mol. The summed E-state index contributed by atoms with van der Waals surface area (Å²) in [6.45, 7) is 3.16. The van der Waals surface area contributed by atoms with E-state index in [1.807, 2.05) is 25.1 Å². The normalized spacial score (nSPS) is 14.7. The van der Waals surface area contributed by atoms with Crippen LogP contribution in [0.1, 0.15) is 35.3 Å². The molecule has 1 aromatic carbocycles. The standard InChI is InChI=1S/C17H18N2O4/c1-11(19-17(21)13-4-6-16(20)18-10-13)12-3-5-14-15(9-12)23-8-2-7-22-14/h3-6,9-11H,2,7-8H2,1H3,(H,18,20)(H,19,21). The largest absolute Gasteiger partial charge is 0.490 e. The average molecular weight is 314 g/mol. The van der Waals surface area contributed by atoms with Crippen molar-refractivity contribution in [2.24, 2.45) is 0 Å². The molecule has 2 aromatic rings. The van der Waals surface area contributed by atoms with Crippen molar-refractivity contribution >= 4 is 5.91 Å². The third kappa shape index (κ3) is 3.53. The van der Waals surface area contributed by atoms with E-state index in [1.165, 1.54) is 18.3 Å².